The highest BCUT2D eigenvalue weighted by Crippen LogP contribution is 2.23. The van der Waals surface area contributed by atoms with Crippen LogP contribution in [0.5, 0.6) is 0 Å². The van der Waals surface area contributed by atoms with E-state index in [0.29, 0.717) is 6.42 Å². The SMILES string of the molecule is CCC(C)C(NS(=O)(=O)c1ccc(Br)cc1)C(=O)NC(c1ccccc1)c1ccccc1. The molecule has 0 aliphatic carbocycles. The molecule has 0 saturated heterocycles. The molecule has 0 saturated carbocycles. The van der Waals surface area contributed by atoms with Crippen LogP contribution < -0.4 is 10.0 Å². The molecule has 32 heavy (non-hydrogen) atoms. The maximum Gasteiger partial charge on any atom is 0.241 e. The molecule has 0 aromatic heterocycles. The van der Waals surface area contributed by atoms with Crippen molar-refractivity contribution in [2.45, 2.75) is 37.2 Å². The zero-order chi connectivity index (χ0) is 23.1. The fourth-order valence-electron chi connectivity index (χ4n) is 3.39. The van der Waals surface area contributed by atoms with E-state index in [9.17, 15) is 13.2 Å². The van der Waals surface area contributed by atoms with Gasteiger partial charge in [-0.05, 0) is 41.3 Å². The molecule has 168 valence electrons. The van der Waals surface area contributed by atoms with Crippen LogP contribution in [-0.4, -0.2) is 20.4 Å². The zero-order valence-electron chi connectivity index (χ0n) is 18.0. The maximum atomic E-state index is 13.4. The van der Waals surface area contributed by atoms with Crippen LogP contribution in [0.3, 0.4) is 0 Å². The van der Waals surface area contributed by atoms with Crippen LogP contribution in [0, 0.1) is 5.92 Å². The number of amides is 1. The fraction of sp³-hybridized carbons (Fsp3) is 0.240. The van der Waals surface area contributed by atoms with Crippen molar-refractivity contribution in [2.75, 3.05) is 0 Å². The zero-order valence-corrected chi connectivity index (χ0v) is 20.4. The maximum absolute atomic E-state index is 13.4. The van der Waals surface area contributed by atoms with Crippen LogP contribution in [0.15, 0.2) is 94.3 Å². The van der Waals surface area contributed by atoms with E-state index >= 15 is 0 Å². The second-order valence-electron chi connectivity index (χ2n) is 7.70. The number of halogens is 1. The number of hydrogen-bond donors (Lipinski definition) is 2. The predicted molar refractivity (Wildman–Crippen MR) is 131 cm³/mol. The van der Waals surface area contributed by atoms with Crippen molar-refractivity contribution in [1.82, 2.24) is 10.0 Å². The Kier molecular flexibility index (Phi) is 8.23. The molecule has 0 aliphatic rings. The highest BCUT2D eigenvalue weighted by Gasteiger charge is 2.31. The van der Waals surface area contributed by atoms with Crippen LogP contribution in [0.25, 0.3) is 0 Å². The molecule has 0 fully saturated rings. The Bertz CT molecular complexity index is 1080. The molecule has 3 aromatic rings. The van der Waals surface area contributed by atoms with Crippen LogP contribution in [0.1, 0.15) is 37.4 Å². The number of sulfonamides is 1. The second kappa shape index (κ2) is 10.9. The minimum Gasteiger partial charge on any atom is -0.344 e. The van der Waals surface area contributed by atoms with Gasteiger partial charge < -0.3 is 5.32 Å². The molecule has 5 nitrogen and oxygen atoms in total. The quantitative estimate of drug-likeness (QED) is 0.419. The van der Waals surface area contributed by atoms with Crippen LogP contribution >= 0.6 is 15.9 Å². The highest BCUT2D eigenvalue weighted by atomic mass is 79.9. The van der Waals surface area contributed by atoms with Crippen molar-refractivity contribution in [1.29, 1.82) is 0 Å². The Morgan fingerprint density at radius 2 is 1.38 bits per heavy atom. The minimum absolute atomic E-state index is 0.115. The average molecular weight is 515 g/mol. The molecular weight excluding hydrogens is 488 g/mol. The van der Waals surface area contributed by atoms with Gasteiger partial charge in [-0.1, -0.05) is 96.9 Å². The van der Waals surface area contributed by atoms with Crippen molar-refractivity contribution in [2.24, 2.45) is 5.92 Å². The lowest BCUT2D eigenvalue weighted by Crippen LogP contribution is -2.51. The number of benzene rings is 3. The molecular formula is C25H27BrN2O3S. The van der Waals surface area contributed by atoms with Gasteiger partial charge in [0.2, 0.25) is 15.9 Å². The second-order valence-corrected chi connectivity index (χ2v) is 10.3. The van der Waals surface area contributed by atoms with Gasteiger partial charge >= 0.3 is 0 Å². The minimum atomic E-state index is -3.87. The summed E-state index contributed by atoms with van der Waals surface area (Å²) in [4.78, 5) is 13.5. The molecule has 3 aromatic carbocycles. The van der Waals surface area contributed by atoms with Gasteiger partial charge in [-0.3, -0.25) is 4.79 Å². The summed E-state index contributed by atoms with van der Waals surface area (Å²) in [5.74, 6) is -0.565. The van der Waals surface area contributed by atoms with Gasteiger partial charge in [0.1, 0.15) is 6.04 Å². The van der Waals surface area contributed by atoms with E-state index in [1.165, 1.54) is 12.1 Å². The number of carbonyl (C=O) groups is 1. The van der Waals surface area contributed by atoms with E-state index in [4.69, 9.17) is 0 Å². The Balaban J connectivity index is 1.90. The van der Waals surface area contributed by atoms with Gasteiger partial charge in [-0.25, -0.2) is 8.42 Å². The van der Waals surface area contributed by atoms with Crippen molar-refractivity contribution in [3.8, 4) is 0 Å². The third kappa shape index (κ3) is 6.06. The first-order valence-corrected chi connectivity index (χ1v) is 12.8. The predicted octanol–water partition coefficient (Wildman–Crippen LogP) is 5.05. The topological polar surface area (TPSA) is 75.3 Å². The Morgan fingerprint density at radius 1 is 0.875 bits per heavy atom. The van der Waals surface area contributed by atoms with Crippen LogP contribution in [0.4, 0.5) is 0 Å². The van der Waals surface area contributed by atoms with Crippen molar-refractivity contribution >= 4 is 31.9 Å². The lowest BCUT2D eigenvalue weighted by atomic mass is 9.96. The largest absolute Gasteiger partial charge is 0.344 e. The standard InChI is InChI=1S/C25H27BrN2O3S/c1-3-18(2)23(28-32(30,31)22-16-14-21(26)15-17-22)25(29)27-24(19-10-6-4-7-11-19)20-12-8-5-9-13-20/h4-18,23-24,28H,3H2,1-2H3,(H,27,29). The highest BCUT2D eigenvalue weighted by molar-refractivity contribution is 9.10. The Labute approximate surface area is 198 Å². The van der Waals surface area contributed by atoms with Crippen molar-refractivity contribution in [3.63, 3.8) is 0 Å². The van der Waals surface area contributed by atoms with Gasteiger partial charge in [-0.2, -0.15) is 4.72 Å². The van der Waals surface area contributed by atoms with E-state index < -0.39 is 22.1 Å². The average Bonchev–Trinajstić information content (AvgIpc) is 2.81. The first kappa shape index (κ1) is 24.2. The molecule has 3 rings (SSSR count). The third-order valence-electron chi connectivity index (χ3n) is 5.45. The summed E-state index contributed by atoms with van der Waals surface area (Å²) in [5, 5.41) is 3.07. The van der Waals surface area contributed by atoms with Crippen LogP contribution in [0.2, 0.25) is 0 Å². The monoisotopic (exact) mass is 514 g/mol. The van der Waals surface area contributed by atoms with Gasteiger partial charge in [0.15, 0.2) is 0 Å². The summed E-state index contributed by atoms with van der Waals surface area (Å²) in [6.45, 7) is 3.80. The van der Waals surface area contributed by atoms with Crippen molar-refractivity contribution < 1.29 is 13.2 Å². The first-order valence-electron chi connectivity index (χ1n) is 10.5. The van der Waals surface area contributed by atoms with Crippen molar-refractivity contribution in [3.05, 3.63) is 101 Å². The number of hydrogen-bond acceptors (Lipinski definition) is 3. The lowest BCUT2D eigenvalue weighted by molar-refractivity contribution is -0.124. The summed E-state index contributed by atoms with van der Waals surface area (Å²) in [7, 11) is -3.87. The molecule has 7 heteroatoms. The Morgan fingerprint density at radius 3 is 1.84 bits per heavy atom. The first-order chi connectivity index (χ1) is 15.3. The smallest absolute Gasteiger partial charge is 0.241 e. The summed E-state index contributed by atoms with van der Waals surface area (Å²) < 4.78 is 29.4. The van der Waals surface area contributed by atoms with E-state index in [0.717, 1.165) is 15.6 Å². The summed E-state index contributed by atoms with van der Waals surface area (Å²) in [6, 6.07) is 24.3. The molecule has 2 unspecified atom stereocenters. The molecule has 0 aliphatic heterocycles. The summed E-state index contributed by atoms with van der Waals surface area (Å²) in [6.07, 6.45) is 0.641. The van der Waals surface area contributed by atoms with Gasteiger partial charge in [0.05, 0.1) is 10.9 Å². The molecule has 0 bridgehead atoms. The summed E-state index contributed by atoms with van der Waals surface area (Å²) >= 11 is 3.31. The molecule has 2 atom stereocenters. The molecule has 1 amide bonds. The van der Waals surface area contributed by atoms with Gasteiger partial charge in [0.25, 0.3) is 0 Å². The van der Waals surface area contributed by atoms with Crippen LogP contribution in [-0.2, 0) is 14.8 Å². The lowest BCUT2D eigenvalue weighted by Gasteiger charge is -2.27. The molecule has 0 radical (unpaired) electrons. The Hall–Kier alpha value is -2.48. The molecule has 2 N–H and O–H groups in total. The molecule has 0 spiro atoms. The van der Waals surface area contributed by atoms with E-state index in [1.54, 1.807) is 12.1 Å². The normalized spacial score (nSPS) is 13.5. The molecule has 0 heterocycles. The number of nitrogens with one attached hydrogen (secondary N) is 2. The van der Waals surface area contributed by atoms with E-state index in [2.05, 4.69) is 26.0 Å². The van der Waals surface area contributed by atoms with E-state index in [1.807, 2.05) is 74.5 Å². The fourth-order valence-corrected chi connectivity index (χ4v) is 4.96. The van der Waals surface area contributed by atoms with Gasteiger partial charge in [-0.15, -0.1) is 0 Å². The van der Waals surface area contributed by atoms with E-state index in [-0.39, 0.29) is 16.7 Å². The summed E-state index contributed by atoms with van der Waals surface area (Å²) in [5.41, 5.74) is 1.84. The number of carbonyl (C=O) groups excluding carboxylic acids is 1. The van der Waals surface area contributed by atoms with Gasteiger partial charge in [0, 0.05) is 4.47 Å². The number of rotatable bonds is 9. The third-order valence-corrected chi connectivity index (χ3v) is 7.44.